The Bertz CT molecular complexity index is 5750. The highest BCUT2D eigenvalue weighted by atomic mass is 32.1. The molecule has 4 nitrogen and oxygen atoms in total. The maximum absolute atomic E-state index is 11.3. The van der Waals surface area contributed by atoms with Crippen LogP contribution in [0.2, 0.25) is 0 Å². The van der Waals surface area contributed by atoms with Crippen molar-refractivity contribution in [2.24, 2.45) is 0 Å². The van der Waals surface area contributed by atoms with E-state index in [0.717, 1.165) is 4.90 Å². The van der Waals surface area contributed by atoms with Crippen LogP contribution in [-0.2, 0) is 16.2 Å². The minimum atomic E-state index is -1.99. The highest BCUT2D eigenvalue weighted by Gasteiger charge is 2.47. The molecule has 5 heterocycles. The van der Waals surface area contributed by atoms with Crippen molar-refractivity contribution in [2.75, 3.05) is 14.7 Å². The zero-order valence-corrected chi connectivity index (χ0v) is 41.1. The molecular formula is C66H57BN4S. The van der Waals surface area contributed by atoms with Gasteiger partial charge in [0.05, 0.1) is 80.6 Å². The number of rotatable bonds is 4. The van der Waals surface area contributed by atoms with E-state index in [1.54, 1.807) is 62.3 Å². The van der Waals surface area contributed by atoms with Crippen LogP contribution in [0.15, 0.2) is 181 Å². The predicted molar refractivity (Wildman–Crippen MR) is 312 cm³/mol. The molecule has 0 aliphatic carbocycles. The molecule has 72 heavy (non-hydrogen) atoms. The fourth-order valence-corrected chi connectivity index (χ4v) is 10.9. The van der Waals surface area contributed by atoms with E-state index in [9.17, 15) is 30.2 Å². The summed E-state index contributed by atoms with van der Waals surface area (Å²) in [5.41, 5.74) is -12.6. The highest BCUT2D eigenvalue weighted by Crippen LogP contribution is 2.56. The number of fused-ring (bicyclic) bond motifs is 12. The molecule has 0 spiro atoms. The van der Waals surface area contributed by atoms with Crippen LogP contribution >= 0.6 is 11.3 Å². The summed E-state index contributed by atoms with van der Waals surface area (Å²) < 4.78 is 296. The Morgan fingerprint density at radius 2 is 1.03 bits per heavy atom. The molecule has 2 aromatic heterocycles. The first-order valence-electron chi connectivity index (χ1n) is 38.2. The van der Waals surface area contributed by atoms with Crippen molar-refractivity contribution in [1.82, 2.24) is 4.57 Å². The third-order valence-corrected chi connectivity index (χ3v) is 14.4. The summed E-state index contributed by atoms with van der Waals surface area (Å²) in [7, 11) is 0. The van der Waals surface area contributed by atoms with Crippen molar-refractivity contribution in [3.05, 3.63) is 198 Å². The average molecular weight is 979 g/mol. The van der Waals surface area contributed by atoms with Gasteiger partial charge < -0.3 is 19.3 Å². The number of hydrogen-bond acceptors (Lipinski definition) is 4. The van der Waals surface area contributed by atoms with Gasteiger partial charge in [0.2, 0.25) is 0 Å². The Labute approximate surface area is 469 Å². The van der Waals surface area contributed by atoms with Gasteiger partial charge >= 0.3 is 0 Å². The zero-order chi connectivity index (χ0) is 75.3. The molecule has 350 valence electrons. The fraction of sp³-hybridized carbons (Fsp3) is 0.182. The normalized spacial score (nSPS) is 19.7. The quantitative estimate of drug-likeness (QED) is 0.163. The smallest absolute Gasteiger partial charge is 0.252 e. The Kier molecular flexibility index (Phi) is 4.69. The van der Waals surface area contributed by atoms with Crippen LogP contribution in [0.1, 0.15) is 120 Å². The molecule has 9 aromatic carbocycles. The lowest BCUT2D eigenvalue weighted by molar-refractivity contribution is 0.590. The third kappa shape index (κ3) is 6.18. The minimum Gasteiger partial charge on any atom is -0.311 e. The van der Waals surface area contributed by atoms with Crippen LogP contribution in [0.25, 0.3) is 47.7 Å². The van der Waals surface area contributed by atoms with E-state index < -0.39 is 260 Å². The van der Waals surface area contributed by atoms with Gasteiger partial charge in [0.1, 0.15) is 0 Å². The van der Waals surface area contributed by atoms with Gasteiger partial charge in [-0.1, -0.05) is 153 Å². The molecule has 0 fully saturated rings. The van der Waals surface area contributed by atoms with Gasteiger partial charge in [-0.2, -0.15) is 0 Å². The SMILES string of the molecule is [2H]c1c([2H])c([2H])c(N(c2c([2H])c([2H])c([2H])c([2H])c2[2H])c2c([2H])c3c4c(c2[2H])N2c5c(c([2H])c([2H])c([2H])c5-n5c6c([2H])c([2H])c(C(C)(C)C)c([2H])c6c6c([2H])c(C(C)(C)C)c([2H])c2c65)B4c2c([2H])c(C(C)(C)C)c([2H])c([2H])c2N3c2c([2H])c([2H])c([2H])c3sc4c([2H])c([2H])c([2H])c([2H])c4c23)c([2H])c1[2H]. The average Bonchev–Trinajstić information content (AvgIpc) is 0.737. The Morgan fingerprint density at radius 1 is 0.431 bits per heavy atom. The van der Waals surface area contributed by atoms with E-state index in [0.29, 0.717) is 16.2 Å². The van der Waals surface area contributed by atoms with Crippen molar-refractivity contribution < 1.29 is 41.1 Å². The lowest BCUT2D eigenvalue weighted by Crippen LogP contribution is -2.62. The molecule has 0 atom stereocenters. The highest BCUT2D eigenvalue weighted by molar-refractivity contribution is 7.26. The van der Waals surface area contributed by atoms with Gasteiger partial charge in [0.25, 0.3) is 6.71 Å². The molecule has 0 saturated carbocycles. The van der Waals surface area contributed by atoms with Gasteiger partial charge in [-0.25, -0.2) is 0 Å². The first kappa shape index (κ1) is 22.5. The van der Waals surface area contributed by atoms with Crippen LogP contribution < -0.4 is 31.1 Å². The summed E-state index contributed by atoms with van der Waals surface area (Å²) in [5.74, 6) is 0. The Morgan fingerprint density at radius 3 is 1.74 bits per heavy atom. The summed E-state index contributed by atoms with van der Waals surface area (Å²) in [4.78, 5) is 2.65. The van der Waals surface area contributed by atoms with Gasteiger partial charge in [0, 0.05) is 59.4 Å². The Hall–Kier alpha value is -7.54. The van der Waals surface area contributed by atoms with Crippen molar-refractivity contribution >= 4 is 128 Å². The molecule has 0 saturated heterocycles. The van der Waals surface area contributed by atoms with Crippen LogP contribution in [0.5, 0.6) is 0 Å². The van der Waals surface area contributed by atoms with E-state index in [4.69, 9.17) is 11.0 Å². The van der Waals surface area contributed by atoms with Gasteiger partial charge in [0.15, 0.2) is 0 Å². The van der Waals surface area contributed by atoms with Crippen LogP contribution in [0, 0.1) is 0 Å². The summed E-state index contributed by atoms with van der Waals surface area (Å²) in [6.07, 6.45) is 0. The van der Waals surface area contributed by atoms with Crippen LogP contribution in [0.4, 0.5) is 51.2 Å². The molecule has 0 radical (unpaired) electrons. The van der Waals surface area contributed by atoms with E-state index in [1.807, 2.05) is 0 Å². The molecule has 3 aliphatic rings. The Balaban J connectivity index is 1.37. The monoisotopic (exact) mass is 979 g/mol. The summed E-state index contributed by atoms with van der Waals surface area (Å²) in [6, 6.07) is -25.4. The molecular weight excluding hydrogens is 892 g/mol. The van der Waals surface area contributed by atoms with Crippen molar-refractivity contribution in [3.63, 3.8) is 0 Å². The first-order chi connectivity index (χ1) is 47.2. The summed E-state index contributed by atoms with van der Waals surface area (Å²) in [5, 5.41) is -1.06. The molecule has 0 amide bonds. The van der Waals surface area contributed by atoms with Gasteiger partial charge in [-0.3, -0.25) is 0 Å². The number of aromatic nitrogens is 1. The lowest BCUT2D eigenvalue weighted by Gasteiger charge is -2.47. The number of para-hydroxylation sites is 3. The van der Waals surface area contributed by atoms with Gasteiger partial charge in [-0.05, 0) is 140 Å². The third-order valence-electron chi connectivity index (χ3n) is 13.4. The fourth-order valence-electron chi connectivity index (χ4n) is 9.98. The van der Waals surface area contributed by atoms with Crippen LogP contribution in [-0.4, -0.2) is 11.3 Å². The minimum absolute atomic E-state index is 0.0465. The number of nitrogens with zero attached hydrogens (tertiary/aromatic N) is 4. The second-order valence-electron chi connectivity index (χ2n) is 21.1. The maximum Gasteiger partial charge on any atom is 0.252 e. The van der Waals surface area contributed by atoms with E-state index >= 15 is 0 Å². The number of thiophene rings is 1. The molecule has 14 rings (SSSR count). The topological polar surface area (TPSA) is 14.7 Å². The second-order valence-corrected chi connectivity index (χ2v) is 22.1. The van der Waals surface area contributed by atoms with Crippen molar-refractivity contribution in [1.29, 1.82) is 0 Å². The van der Waals surface area contributed by atoms with Crippen molar-refractivity contribution in [3.8, 4) is 5.69 Å². The largest absolute Gasteiger partial charge is 0.311 e. The van der Waals surface area contributed by atoms with E-state index in [-0.39, 0.29) is 76.5 Å². The molecule has 11 aromatic rings. The number of benzene rings is 9. The van der Waals surface area contributed by atoms with Crippen molar-refractivity contribution in [2.45, 2.75) is 78.6 Å². The van der Waals surface area contributed by atoms with E-state index in [1.165, 1.54) is 9.47 Å². The standard InChI is InChI=1S/C66H57BN4S/c1-64(2,3)40-30-32-51-47(34-40)48-35-42(66(7,8)9)37-57-62(48)70(51)54-27-18-25-49-63(54)71(57)56-39-45(68(43-20-12-10-13-21-43)44-22-14-11-15-23-44)38-55-61(56)67(49)50-36-41(65(4,5)6)31-33-52(50)69(55)53-26-19-29-59-60(53)46-24-16-17-28-58(46)72-59/h10-39H,1-9H3/i10D,11D,12D,13D,14D,15D,16D,17D,18D,19D,20D,21D,22D,23D,24D,25D,26D,27D,28D,29D,30D,31D,32D,33D,34D,35D,36D,37D,38D,39D. The lowest BCUT2D eigenvalue weighted by atomic mass is 9.33. The first-order valence-corrected chi connectivity index (χ1v) is 24.0. The second kappa shape index (κ2) is 15.0. The predicted octanol–water partition coefficient (Wildman–Crippen LogP) is 16.9. The van der Waals surface area contributed by atoms with E-state index in [2.05, 4.69) is 0 Å². The summed E-state index contributed by atoms with van der Waals surface area (Å²) in [6.45, 7) is 13.1. The maximum atomic E-state index is 11.3. The molecule has 0 N–H and O–H groups in total. The number of anilines is 9. The molecule has 6 heteroatoms. The molecule has 3 aliphatic heterocycles. The zero-order valence-electron chi connectivity index (χ0n) is 70.3. The van der Waals surface area contributed by atoms with Crippen LogP contribution in [0.3, 0.4) is 0 Å². The van der Waals surface area contributed by atoms with Gasteiger partial charge in [-0.15, -0.1) is 11.3 Å². The summed E-state index contributed by atoms with van der Waals surface area (Å²) >= 11 is 0.618. The molecule has 0 bridgehead atoms. The molecule has 0 unspecified atom stereocenters. The number of hydrogen-bond donors (Lipinski definition) is 0.